The maximum Gasteiger partial charge on any atom is 0.418 e. The molecule has 5 saturated heterocycles. The van der Waals surface area contributed by atoms with E-state index in [2.05, 4.69) is 15.1 Å². The fraction of sp³-hybridized carbons (Fsp3) is 0.571. The molecule has 2 aromatic carbocycles. The van der Waals surface area contributed by atoms with Crippen molar-refractivity contribution in [2.45, 2.75) is 62.2 Å². The number of amides is 3. The van der Waals surface area contributed by atoms with Crippen LogP contribution in [0.2, 0.25) is 0 Å². The lowest BCUT2D eigenvalue weighted by atomic mass is 9.82. The van der Waals surface area contributed by atoms with E-state index in [0.29, 0.717) is 42.9 Å². The van der Waals surface area contributed by atoms with Gasteiger partial charge < -0.3 is 29.9 Å². The summed E-state index contributed by atoms with van der Waals surface area (Å²) in [5.74, 6) is -0.154. The molecular formula is C35H40F6N6O5. The fourth-order valence-electron chi connectivity index (χ4n) is 8.49. The van der Waals surface area contributed by atoms with Crippen molar-refractivity contribution < 1.29 is 50.2 Å². The van der Waals surface area contributed by atoms with Crippen LogP contribution in [0.3, 0.4) is 0 Å². The van der Waals surface area contributed by atoms with Crippen molar-refractivity contribution >= 4 is 29.5 Å². The van der Waals surface area contributed by atoms with Crippen LogP contribution in [-0.4, -0.2) is 109 Å². The number of alkyl halides is 6. The highest BCUT2D eigenvalue weighted by molar-refractivity contribution is 5.89. The highest BCUT2D eigenvalue weighted by atomic mass is 19.4. The van der Waals surface area contributed by atoms with Crippen LogP contribution in [-0.2, 0) is 38.6 Å². The lowest BCUT2D eigenvalue weighted by Crippen LogP contribution is -2.62. The number of nitrogens with two attached hydrogens (primary N) is 1. The molecule has 2 aromatic rings. The van der Waals surface area contributed by atoms with Gasteiger partial charge in [0.1, 0.15) is 5.60 Å². The van der Waals surface area contributed by atoms with E-state index < -0.39 is 70.9 Å². The molecule has 8 rings (SSSR count). The van der Waals surface area contributed by atoms with Gasteiger partial charge in [-0.3, -0.25) is 15.0 Å². The number of rotatable bonds is 5. The molecule has 1 unspecified atom stereocenters. The van der Waals surface area contributed by atoms with Gasteiger partial charge in [-0.05, 0) is 55.6 Å². The minimum Gasteiger partial charge on any atom is -0.438 e. The molecule has 6 aliphatic heterocycles. The van der Waals surface area contributed by atoms with E-state index in [9.17, 15) is 40.7 Å². The van der Waals surface area contributed by atoms with Crippen molar-refractivity contribution in [2.24, 2.45) is 5.92 Å². The topological polar surface area (TPSA) is 121 Å². The number of carbonyl (C=O) groups excluding carboxylic acids is 3. The Labute approximate surface area is 295 Å². The Kier molecular flexibility index (Phi) is 9.46. The lowest BCUT2D eigenvalue weighted by molar-refractivity contribution is -0.144. The number of halogens is 6. The van der Waals surface area contributed by atoms with Crippen LogP contribution in [0.1, 0.15) is 47.9 Å². The zero-order valence-corrected chi connectivity index (χ0v) is 28.3. The zero-order chi connectivity index (χ0) is 37.0. The van der Waals surface area contributed by atoms with E-state index in [1.54, 1.807) is 18.2 Å². The molecule has 282 valence electrons. The van der Waals surface area contributed by atoms with Gasteiger partial charge in [-0.1, -0.05) is 18.2 Å². The van der Waals surface area contributed by atoms with Crippen LogP contribution in [0.5, 0.6) is 0 Å². The second kappa shape index (κ2) is 13.6. The minimum atomic E-state index is -5.22. The molecule has 2 bridgehead atoms. The van der Waals surface area contributed by atoms with Gasteiger partial charge in [0.25, 0.3) is 5.91 Å². The molecular weight excluding hydrogens is 698 g/mol. The van der Waals surface area contributed by atoms with Gasteiger partial charge in [0.2, 0.25) is 0 Å². The van der Waals surface area contributed by atoms with Crippen molar-refractivity contribution in [3.8, 4) is 0 Å². The number of ether oxygens (including phenoxy) is 2. The first kappa shape index (κ1) is 36.1. The van der Waals surface area contributed by atoms with E-state index in [4.69, 9.17) is 15.2 Å². The second-order valence-electron chi connectivity index (χ2n) is 14.3. The molecule has 2 atom stereocenters. The summed E-state index contributed by atoms with van der Waals surface area (Å²) in [4.78, 5) is 47.5. The summed E-state index contributed by atoms with van der Waals surface area (Å²) in [5.41, 5.74) is 0.264. The third-order valence-electron chi connectivity index (χ3n) is 11.3. The van der Waals surface area contributed by atoms with E-state index in [1.165, 1.54) is 9.80 Å². The average Bonchev–Trinajstić information content (AvgIpc) is 3.11. The summed E-state index contributed by atoms with van der Waals surface area (Å²) in [7, 11) is 0. The summed E-state index contributed by atoms with van der Waals surface area (Å²) >= 11 is 0. The summed E-state index contributed by atoms with van der Waals surface area (Å²) in [6.07, 6.45) is -11.9. The van der Waals surface area contributed by atoms with Crippen LogP contribution >= 0.6 is 0 Å². The number of benzene rings is 2. The first-order valence-electron chi connectivity index (χ1n) is 17.5. The lowest BCUT2D eigenvalue weighted by Gasteiger charge is -2.51. The van der Waals surface area contributed by atoms with Crippen molar-refractivity contribution in [1.29, 1.82) is 0 Å². The molecule has 52 heavy (non-hydrogen) atoms. The number of likely N-dealkylation sites (tertiary alicyclic amines) is 1. The number of hydrogen-bond donors (Lipinski definition) is 2. The van der Waals surface area contributed by atoms with Gasteiger partial charge in [-0.15, -0.1) is 0 Å². The first-order chi connectivity index (χ1) is 24.6. The molecule has 5 fully saturated rings. The molecule has 17 heteroatoms. The molecule has 0 aliphatic carbocycles. The van der Waals surface area contributed by atoms with Crippen LogP contribution < -0.4 is 11.1 Å². The number of nitrogens with one attached hydrogen (secondary N) is 1. The van der Waals surface area contributed by atoms with Gasteiger partial charge in [-0.25, -0.2) is 9.59 Å². The van der Waals surface area contributed by atoms with Crippen molar-refractivity contribution in [3.63, 3.8) is 0 Å². The van der Waals surface area contributed by atoms with Gasteiger partial charge in [0, 0.05) is 76.7 Å². The quantitative estimate of drug-likeness (QED) is 0.320. The minimum absolute atomic E-state index is 0.0396. The normalized spacial score (nSPS) is 25.3. The smallest absolute Gasteiger partial charge is 0.418 e. The van der Waals surface area contributed by atoms with E-state index in [0.717, 1.165) is 38.0 Å². The van der Waals surface area contributed by atoms with Crippen LogP contribution in [0.25, 0.3) is 0 Å². The number of para-hydroxylation sites is 1. The van der Waals surface area contributed by atoms with Crippen molar-refractivity contribution in [2.75, 3.05) is 70.0 Å². The molecule has 11 nitrogen and oxygen atoms in total. The Bertz CT molecular complexity index is 1660. The Morgan fingerprint density at radius 1 is 0.904 bits per heavy atom. The third kappa shape index (κ3) is 7.08. The molecule has 3 N–H and O–H groups in total. The third-order valence-corrected chi connectivity index (χ3v) is 11.3. The number of anilines is 2. The maximum atomic E-state index is 14.0. The molecule has 0 radical (unpaired) electrons. The van der Waals surface area contributed by atoms with Crippen molar-refractivity contribution in [3.05, 3.63) is 58.7 Å². The van der Waals surface area contributed by atoms with Crippen LogP contribution in [0.4, 0.5) is 47.3 Å². The standard InChI is InChI=1S/C35H40F6N6O5/c36-34(37,38)24-17-21(18-25(29(24)42)35(39,40)41)19-28(30(48)46-15-13-45(14-16-46)27-20-44-9-5-22(27)6-10-44)51-32(50)47-11-7-33(8-12-47)23-3-1-2-4-26(23)43-31(49)52-33/h1-4,17-18,22,27-28H,5-16,19-20,42H2,(H,43,49)/t27?,28-/m1/s1. The number of piperidine rings is 4. The summed E-state index contributed by atoms with van der Waals surface area (Å²) in [6, 6.07) is 8.38. The zero-order valence-electron chi connectivity index (χ0n) is 28.3. The Morgan fingerprint density at radius 3 is 2.10 bits per heavy atom. The molecule has 0 aromatic heterocycles. The summed E-state index contributed by atoms with van der Waals surface area (Å²) in [6.45, 7) is 4.73. The molecule has 3 amide bonds. The number of nitrogen functional groups attached to an aromatic ring is 1. The van der Waals surface area contributed by atoms with E-state index in [1.807, 2.05) is 6.07 Å². The second-order valence-corrected chi connectivity index (χ2v) is 14.3. The largest absolute Gasteiger partial charge is 0.438 e. The van der Waals surface area contributed by atoms with E-state index >= 15 is 0 Å². The van der Waals surface area contributed by atoms with Crippen LogP contribution in [0, 0.1) is 5.92 Å². The van der Waals surface area contributed by atoms with Gasteiger partial charge in [0.05, 0.1) is 22.5 Å². The maximum absolute atomic E-state index is 14.0. The SMILES string of the molecule is Nc1c(C(F)(F)F)cc(C[C@@H](OC(=O)N2CCC3(CC2)OC(=O)Nc2ccccc23)C(=O)N2CCN(C3CN4CCC3CC4)CC2)cc1C(F)(F)F. The van der Waals surface area contributed by atoms with Gasteiger partial charge in [-0.2, -0.15) is 26.3 Å². The Hall–Kier alpha value is -4.25. The summed E-state index contributed by atoms with van der Waals surface area (Å²) in [5, 5.41) is 2.65. The molecule has 0 saturated carbocycles. The molecule has 6 aliphatic rings. The number of hydrogen-bond acceptors (Lipinski definition) is 8. The highest BCUT2D eigenvalue weighted by Gasteiger charge is 2.47. The Morgan fingerprint density at radius 2 is 1.52 bits per heavy atom. The summed E-state index contributed by atoms with van der Waals surface area (Å²) < 4.78 is 94.8. The number of piperazine rings is 1. The molecule has 6 heterocycles. The number of fused-ring (bicyclic) bond motifs is 5. The fourth-order valence-corrected chi connectivity index (χ4v) is 8.49. The van der Waals surface area contributed by atoms with E-state index in [-0.39, 0.29) is 39.0 Å². The van der Waals surface area contributed by atoms with Crippen LogP contribution in [0.15, 0.2) is 36.4 Å². The van der Waals surface area contributed by atoms with Crippen molar-refractivity contribution in [1.82, 2.24) is 19.6 Å². The van der Waals surface area contributed by atoms with Gasteiger partial charge >= 0.3 is 24.5 Å². The Balaban J connectivity index is 1.10. The highest BCUT2D eigenvalue weighted by Crippen LogP contribution is 2.44. The monoisotopic (exact) mass is 738 g/mol. The molecule has 1 spiro atoms. The first-order valence-corrected chi connectivity index (χ1v) is 17.5. The predicted molar refractivity (Wildman–Crippen MR) is 175 cm³/mol. The van der Waals surface area contributed by atoms with Gasteiger partial charge in [0.15, 0.2) is 6.10 Å². The predicted octanol–water partition coefficient (Wildman–Crippen LogP) is 5.15. The number of nitrogens with zero attached hydrogens (tertiary/aromatic N) is 4. The average molecular weight is 739 g/mol. The number of carbonyl (C=O) groups is 3.